The van der Waals surface area contributed by atoms with E-state index < -0.39 is 0 Å². The van der Waals surface area contributed by atoms with Crippen molar-refractivity contribution in [1.29, 1.82) is 5.26 Å². The molecule has 1 saturated heterocycles. The quantitative estimate of drug-likeness (QED) is 0.859. The molecule has 96 valence electrons. The fraction of sp³-hybridized carbons (Fsp3) is 0.500. The van der Waals surface area contributed by atoms with Crippen LogP contribution in [0.2, 0.25) is 0 Å². The van der Waals surface area contributed by atoms with Crippen LogP contribution in [0.5, 0.6) is 0 Å². The highest BCUT2D eigenvalue weighted by atomic mass is 15.2. The average molecular weight is 244 g/mol. The van der Waals surface area contributed by atoms with Crippen LogP contribution >= 0.6 is 0 Å². The van der Waals surface area contributed by atoms with Gasteiger partial charge in [-0.15, -0.1) is 0 Å². The normalized spacial score (nSPS) is 19.2. The summed E-state index contributed by atoms with van der Waals surface area (Å²) in [7, 11) is 2.13. The van der Waals surface area contributed by atoms with Crippen molar-refractivity contribution in [1.82, 2.24) is 4.90 Å². The lowest BCUT2D eigenvalue weighted by Crippen LogP contribution is -2.37. The van der Waals surface area contributed by atoms with Gasteiger partial charge in [0.05, 0.1) is 11.6 Å². The van der Waals surface area contributed by atoms with Crippen molar-refractivity contribution in [3.05, 3.63) is 29.8 Å². The van der Waals surface area contributed by atoms with Crippen molar-refractivity contribution >= 4 is 5.69 Å². The number of nitrogens with two attached hydrogens (primary N) is 1. The summed E-state index contributed by atoms with van der Waals surface area (Å²) in [5, 5.41) is 8.92. The van der Waals surface area contributed by atoms with Gasteiger partial charge in [-0.2, -0.15) is 5.26 Å². The van der Waals surface area contributed by atoms with E-state index in [0.29, 0.717) is 12.6 Å². The number of likely N-dealkylation sites (N-methyl/N-ethyl adjacent to an activating group) is 1. The Morgan fingerprint density at radius 2 is 2.39 bits per heavy atom. The number of nitriles is 1. The highest BCUT2D eigenvalue weighted by molar-refractivity contribution is 5.52. The zero-order valence-corrected chi connectivity index (χ0v) is 10.8. The molecule has 0 aliphatic carbocycles. The van der Waals surface area contributed by atoms with Crippen molar-refractivity contribution < 1.29 is 0 Å². The van der Waals surface area contributed by atoms with Gasteiger partial charge in [-0.25, -0.2) is 0 Å². The summed E-state index contributed by atoms with van der Waals surface area (Å²) in [5.41, 5.74) is 7.47. The lowest BCUT2D eigenvalue weighted by molar-refractivity contribution is 0.266. The molecule has 18 heavy (non-hydrogen) atoms. The molecule has 0 amide bonds. The molecule has 1 aliphatic rings. The Hall–Kier alpha value is -1.57. The third kappa shape index (κ3) is 2.81. The van der Waals surface area contributed by atoms with Gasteiger partial charge in [0.25, 0.3) is 0 Å². The molecule has 1 unspecified atom stereocenters. The Balaban J connectivity index is 2.02. The lowest BCUT2D eigenvalue weighted by atomic mass is 10.2. The van der Waals surface area contributed by atoms with E-state index in [1.807, 2.05) is 18.2 Å². The predicted molar refractivity (Wildman–Crippen MR) is 73.5 cm³/mol. The summed E-state index contributed by atoms with van der Waals surface area (Å²) in [6, 6.07) is 10.6. The minimum Gasteiger partial charge on any atom is -0.370 e. The molecular weight excluding hydrogens is 224 g/mol. The molecule has 2 N–H and O–H groups in total. The van der Waals surface area contributed by atoms with Crippen LogP contribution in [-0.4, -0.2) is 44.2 Å². The first-order chi connectivity index (χ1) is 8.74. The fourth-order valence-corrected chi connectivity index (χ4v) is 2.49. The van der Waals surface area contributed by atoms with E-state index in [0.717, 1.165) is 37.3 Å². The van der Waals surface area contributed by atoms with Gasteiger partial charge in [0, 0.05) is 37.9 Å². The number of hydrogen-bond acceptors (Lipinski definition) is 4. The van der Waals surface area contributed by atoms with E-state index in [1.165, 1.54) is 0 Å². The first kappa shape index (κ1) is 12.9. The molecule has 0 bridgehead atoms. The molecule has 1 aromatic carbocycles. The van der Waals surface area contributed by atoms with E-state index >= 15 is 0 Å². The van der Waals surface area contributed by atoms with Gasteiger partial charge in [0.2, 0.25) is 0 Å². The Morgan fingerprint density at radius 1 is 1.56 bits per heavy atom. The average Bonchev–Trinajstić information content (AvgIpc) is 2.89. The van der Waals surface area contributed by atoms with Crippen LogP contribution in [-0.2, 0) is 0 Å². The molecular formula is C14H20N4. The van der Waals surface area contributed by atoms with Crippen molar-refractivity contribution in [3.8, 4) is 6.07 Å². The van der Waals surface area contributed by atoms with Crippen molar-refractivity contribution in [2.24, 2.45) is 5.73 Å². The third-order valence-corrected chi connectivity index (χ3v) is 3.61. The summed E-state index contributed by atoms with van der Waals surface area (Å²) >= 11 is 0. The molecule has 0 spiro atoms. The van der Waals surface area contributed by atoms with E-state index in [9.17, 15) is 0 Å². The Bertz CT molecular complexity index is 438. The van der Waals surface area contributed by atoms with Crippen LogP contribution in [0.1, 0.15) is 12.0 Å². The summed E-state index contributed by atoms with van der Waals surface area (Å²) in [6.07, 6.45) is 1.16. The van der Waals surface area contributed by atoms with Gasteiger partial charge in [-0.1, -0.05) is 6.07 Å². The molecule has 1 atom stereocenters. The smallest absolute Gasteiger partial charge is 0.0992 e. The number of nitrogens with zero attached hydrogens (tertiary/aromatic N) is 3. The maximum absolute atomic E-state index is 8.92. The second-order valence-corrected chi connectivity index (χ2v) is 4.82. The molecule has 4 heteroatoms. The van der Waals surface area contributed by atoms with E-state index in [1.54, 1.807) is 0 Å². The van der Waals surface area contributed by atoms with E-state index in [4.69, 9.17) is 11.0 Å². The summed E-state index contributed by atoms with van der Waals surface area (Å²) in [4.78, 5) is 4.67. The number of anilines is 1. The highest BCUT2D eigenvalue weighted by Gasteiger charge is 2.25. The SMILES string of the molecule is CN(CCN)C1CCN(c2cccc(C#N)c2)C1. The van der Waals surface area contributed by atoms with Gasteiger partial charge < -0.3 is 15.5 Å². The molecule has 0 radical (unpaired) electrons. The van der Waals surface area contributed by atoms with Crippen LogP contribution in [0, 0.1) is 11.3 Å². The lowest BCUT2D eigenvalue weighted by Gasteiger charge is -2.24. The van der Waals surface area contributed by atoms with E-state index in [2.05, 4.69) is 29.0 Å². The van der Waals surface area contributed by atoms with Crippen LogP contribution in [0.4, 0.5) is 5.69 Å². The highest BCUT2D eigenvalue weighted by Crippen LogP contribution is 2.23. The monoisotopic (exact) mass is 244 g/mol. The Morgan fingerprint density at radius 3 is 3.11 bits per heavy atom. The zero-order chi connectivity index (χ0) is 13.0. The standard InChI is InChI=1S/C14H20N4/c1-17(8-6-15)14-5-7-18(11-14)13-4-2-3-12(9-13)10-16/h2-4,9,14H,5-8,11,15H2,1H3. The summed E-state index contributed by atoms with van der Waals surface area (Å²) in [6.45, 7) is 3.72. The largest absolute Gasteiger partial charge is 0.370 e. The molecule has 1 aliphatic heterocycles. The predicted octanol–water partition coefficient (Wildman–Crippen LogP) is 1.03. The summed E-state index contributed by atoms with van der Waals surface area (Å²) in [5.74, 6) is 0. The molecule has 1 aromatic rings. The van der Waals surface area contributed by atoms with Crippen molar-refractivity contribution in [2.75, 3.05) is 38.1 Å². The minimum absolute atomic E-state index is 0.569. The molecule has 0 saturated carbocycles. The first-order valence-corrected chi connectivity index (χ1v) is 6.40. The van der Waals surface area contributed by atoms with Gasteiger partial charge in [0.1, 0.15) is 0 Å². The van der Waals surface area contributed by atoms with Gasteiger partial charge in [-0.05, 0) is 31.7 Å². The maximum Gasteiger partial charge on any atom is 0.0992 e. The Labute approximate surface area is 109 Å². The van der Waals surface area contributed by atoms with Crippen LogP contribution in [0.15, 0.2) is 24.3 Å². The zero-order valence-electron chi connectivity index (χ0n) is 10.8. The van der Waals surface area contributed by atoms with Gasteiger partial charge in [-0.3, -0.25) is 0 Å². The molecule has 1 heterocycles. The van der Waals surface area contributed by atoms with E-state index in [-0.39, 0.29) is 0 Å². The number of rotatable bonds is 4. The molecule has 4 nitrogen and oxygen atoms in total. The van der Waals surface area contributed by atoms with Crippen LogP contribution in [0.25, 0.3) is 0 Å². The maximum atomic E-state index is 8.92. The number of benzene rings is 1. The van der Waals surface area contributed by atoms with Crippen LogP contribution < -0.4 is 10.6 Å². The van der Waals surface area contributed by atoms with Crippen LogP contribution in [0.3, 0.4) is 0 Å². The second kappa shape index (κ2) is 5.85. The third-order valence-electron chi connectivity index (χ3n) is 3.61. The fourth-order valence-electron chi connectivity index (χ4n) is 2.49. The minimum atomic E-state index is 0.569. The van der Waals surface area contributed by atoms with Crippen molar-refractivity contribution in [3.63, 3.8) is 0 Å². The second-order valence-electron chi connectivity index (χ2n) is 4.82. The summed E-state index contributed by atoms with van der Waals surface area (Å²) < 4.78 is 0. The Kier molecular flexibility index (Phi) is 4.19. The molecule has 0 aromatic heterocycles. The first-order valence-electron chi connectivity index (χ1n) is 6.40. The molecule has 2 rings (SSSR count). The molecule has 1 fully saturated rings. The topological polar surface area (TPSA) is 56.3 Å². The van der Waals surface area contributed by atoms with Gasteiger partial charge >= 0.3 is 0 Å². The van der Waals surface area contributed by atoms with Gasteiger partial charge in [0.15, 0.2) is 0 Å². The van der Waals surface area contributed by atoms with Crippen molar-refractivity contribution in [2.45, 2.75) is 12.5 Å². The number of hydrogen-bond donors (Lipinski definition) is 1.